The predicted octanol–water partition coefficient (Wildman–Crippen LogP) is 2.72. The fourth-order valence-corrected chi connectivity index (χ4v) is 3.33. The summed E-state index contributed by atoms with van der Waals surface area (Å²) in [7, 11) is 0. The van der Waals surface area contributed by atoms with Crippen molar-refractivity contribution >= 4 is 5.97 Å². The number of halogens is 1. The monoisotopic (exact) mass is 266 g/mol. The number of carbonyl (C=O) groups is 1. The van der Waals surface area contributed by atoms with Gasteiger partial charge in [-0.1, -0.05) is 19.9 Å². The van der Waals surface area contributed by atoms with Crippen LogP contribution in [0.15, 0.2) is 18.2 Å². The second-order valence-corrected chi connectivity index (χ2v) is 5.74. The number of hydrogen-bond acceptors (Lipinski definition) is 2. The Bertz CT molecular complexity index is 498. The lowest BCUT2D eigenvalue weighted by molar-refractivity contribution is -0.145. The van der Waals surface area contributed by atoms with Crippen molar-refractivity contribution in [1.82, 2.24) is 0 Å². The first-order valence-electron chi connectivity index (χ1n) is 6.56. The molecule has 2 N–H and O–H groups in total. The third-order valence-electron chi connectivity index (χ3n) is 3.97. The van der Waals surface area contributed by atoms with E-state index in [1.807, 2.05) is 13.8 Å². The molecule has 0 saturated heterocycles. The standard InChI is InChI=1S/C15H19FO3/c1-9(2)14-12-4-3-11(16)7-10(12)5-6-15(14,19)8-13(17)18/h3-4,7,9,14,19H,5-6,8H2,1-2H3,(H,17,18)/t14-,15-/m1/s1. The van der Waals surface area contributed by atoms with Crippen LogP contribution in [0.5, 0.6) is 0 Å². The summed E-state index contributed by atoms with van der Waals surface area (Å²) in [6.07, 6.45) is 0.603. The molecule has 1 aromatic carbocycles. The van der Waals surface area contributed by atoms with E-state index >= 15 is 0 Å². The lowest BCUT2D eigenvalue weighted by Crippen LogP contribution is -2.44. The van der Waals surface area contributed by atoms with Crippen molar-refractivity contribution in [3.63, 3.8) is 0 Å². The van der Waals surface area contributed by atoms with Crippen LogP contribution in [0, 0.1) is 11.7 Å². The molecule has 104 valence electrons. The molecule has 19 heavy (non-hydrogen) atoms. The quantitative estimate of drug-likeness (QED) is 0.884. The topological polar surface area (TPSA) is 57.5 Å². The average Bonchev–Trinajstić information content (AvgIpc) is 2.27. The van der Waals surface area contributed by atoms with Crippen LogP contribution in [0.3, 0.4) is 0 Å². The van der Waals surface area contributed by atoms with Gasteiger partial charge in [-0.15, -0.1) is 0 Å². The van der Waals surface area contributed by atoms with Gasteiger partial charge in [0.05, 0.1) is 12.0 Å². The fourth-order valence-electron chi connectivity index (χ4n) is 3.33. The average molecular weight is 266 g/mol. The molecule has 2 rings (SSSR count). The molecule has 0 radical (unpaired) electrons. The highest BCUT2D eigenvalue weighted by Crippen LogP contribution is 2.45. The Morgan fingerprint density at radius 2 is 2.21 bits per heavy atom. The van der Waals surface area contributed by atoms with Crippen LogP contribution < -0.4 is 0 Å². The summed E-state index contributed by atoms with van der Waals surface area (Å²) in [4.78, 5) is 11.0. The summed E-state index contributed by atoms with van der Waals surface area (Å²) in [5.74, 6) is -1.47. The fraction of sp³-hybridized carbons (Fsp3) is 0.533. The first-order chi connectivity index (χ1) is 8.83. The van der Waals surface area contributed by atoms with Crippen molar-refractivity contribution in [2.75, 3.05) is 0 Å². The van der Waals surface area contributed by atoms with Gasteiger partial charge in [-0.3, -0.25) is 4.79 Å². The summed E-state index contributed by atoms with van der Waals surface area (Å²) < 4.78 is 13.3. The molecule has 1 aromatic rings. The molecule has 1 aliphatic rings. The zero-order chi connectivity index (χ0) is 14.2. The Hall–Kier alpha value is -1.42. The molecular formula is C15H19FO3. The minimum absolute atomic E-state index is 0.0915. The van der Waals surface area contributed by atoms with E-state index < -0.39 is 11.6 Å². The number of carboxylic acids is 1. The maximum absolute atomic E-state index is 13.3. The minimum atomic E-state index is -1.25. The molecule has 0 aromatic heterocycles. The Labute approximate surface area is 112 Å². The van der Waals surface area contributed by atoms with Gasteiger partial charge in [-0.05, 0) is 42.0 Å². The van der Waals surface area contributed by atoms with Crippen molar-refractivity contribution in [3.05, 3.63) is 35.1 Å². The number of aliphatic hydroxyl groups is 1. The molecule has 0 unspecified atom stereocenters. The molecule has 2 atom stereocenters. The number of fused-ring (bicyclic) bond motifs is 1. The van der Waals surface area contributed by atoms with E-state index in [0.29, 0.717) is 12.8 Å². The van der Waals surface area contributed by atoms with Crippen molar-refractivity contribution in [1.29, 1.82) is 0 Å². The summed E-state index contributed by atoms with van der Waals surface area (Å²) in [5.41, 5.74) is 0.519. The van der Waals surface area contributed by atoms with Crippen molar-refractivity contribution in [2.45, 2.75) is 44.6 Å². The Morgan fingerprint density at radius 3 is 2.79 bits per heavy atom. The number of benzene rings is 1. The first-order valence-corrected chi connectivity index (χ1v) is 6.56. The highest BCUT2D eigenvalue weighted by Gasteiger charge is 2.44. The van der Waals surface area contributed by atoms with Crippen molar-refractivity contribution < 1.29 is 19.4 Å². The van der Waals surface area contributed by atoms with Crippen LogP contribution in [0.1, 0.15) is 43.7 Å². The molecule has 0 saturated carbocycles. The number of carboxylic acid groups (broad SMARTS) is 1. The molecule has 0 aliphatic heterocycles. The Kier molecular flexibility index (Phi) is 3.63. The Balaban J connectivity index is 2.46. The van der Waals surface area contributed by atoms with Gasteiger partial charge in [0.2, 0.25) is 0 Å². The molecule has 0 fully saturated rings. The lowest BCUT2D eigenvalue weighted by Gasteiger charge is -2.42. The molecule has 0 heterocycles. The van der Waals surface area contributed by atoms with Gasteiger partial charge in [0.15, 0.2) is 0 Å². The van der Waals surface area contributed by atoms with Gasteiger partial charge < -0.3 is 10.2 Å². The third kappa shape index (κ3) is 2.63. The summed E-state index contributed by atoms with van der Waals surface area (Å²) in [6.45, 7) is 3.91. The maximum atomic E-state index is 13.3. The zero-order valence-electron chi connectivity index (χ0n) is 11.2. The summed E-state index contributed by atoms with van der Waals surface area (Å²) in [5, 5.41) is 19.7. The van der Waals surface area contributed by atoms with Gasteiger partial charge in [-0.2, -0.15) is 0 Å². The number of rotatable bonds is 3. The highest BCUT2D eigenvalue weighted by atomic mass is 19.1. The van der Waals surface area contributed by atoms with E-state index in [1.54, 1.807) is 6.07 Å². The van der Waals surface area contributed by atoms with Crippen LogP contribution in [-0.2, 0) is 11.2 Å². The van der Waals surface area contributed by atoms with Crippen LogP contribution in [0.25, 0.3) is 0 Å². The molecule has 1 aliphatic carbocycles. The van der Waals surface area contributed by atoms with Crippen LogP contribution in [0.4, 0.5) is 4.39 Å². The normalized spacial score (nSPS) is 26.3. The molecular weight excluding hydrogens is 247 g/mol. The zero-order valence-corrected chi connectivity index (χ0v) is 11.2. The van der Waals surface area contributed by atoms with Gasteiger partial charge in [-0.25, -0.2) is 4.39 Å². The predicted molar refractivity (Wildman–Crippen MR) is 69.5 cm³/mol. The van der Waals surface area contributed by atoms with E-state index in [0.717, 1.165) is 11.1 Å². The molecule has 0 spiro atoms. The molecule has 0 bridgehead atoms. The smallest absolute Gasteiger partial charge is 0.306 e. The number of hydrogen-bond donors (Lipinski definition) is 2. The largest absolute Gasteiger partial charge is 0.481 e. The third-order valence-corrected chi connectivity index (χ3v) is 3.97. The van der Waals surface area contributed by atoms with Gasteiger partial charge in [0.1, 0.15) is 5.82 Å². The second-order valence-electron chi connectivity index (χ2n) is 5.74. The summed E-state index contributed by atoms with van der Waals surface area (Å²) >= 11 is 0. The van der Waals surface area contributed by atoms with E-state index in [9.17, 15) is 14.3 Å². The molecule has 0 amide bonds. The molecule has 4 heteroatoms. The minimum Gasteiger partial charge on any atom is -0.481 e. The van der Waals surface area contributed by atoms with Gasteiger partial charge in [0.25, 0.3) is 0 Å². The first kappa shape index (κ1) is 14.0. The van der Waals surface area contributed by atoms with Crippen LogP contribution in [0.2, 0.25) is 0 Å². The maximum Gasteiger partial charge on any atom is 0.306 e. The van der Waals surface area contributed by atoms with E-state index in [2.05, 4.69) is 0 Å². The lowest BCUT2D eigenvalue weighted by atomic mass is 9.66. The second kappa shape index (κ2) is 4.93. The molecule has 3 nitrogen and oxygen atoms in total. The van der Waals surface area contributed by atoms with Gasteiger partial charge in [0, 0.05) is 5.92 Å². The van der Waals surface area contributed by atoms with Crippen molar-refractivity contribution in [2.24, 2.45) is 5.92 Å². The summed E-state index contributed by atoms with van der Waals surface area (Å²) in [6, 6.07) is 4.55. The van der Waals surface area contributed by atoms with Crippen LogP contribution in [-0.4, -0.2) is 21.8 Å². The van der Waals surface area contributed by atoms with E-state index in [-0.39, 0.29) is 24.1 Å². The van der Waals surface area contributed by atoms with Gasteiger partial charge >= 0.3 is 5.97 Å². The SMILES string of the molecule is CC(C)[C@@H]1c2ccc(F)cc2CC[C@@]1(O)CC(=O)O. The highest BCUT2D eigenvalue weighted by molar-refractivity contribution is 5.68. The van der Waals surface area contributed by atoms with E-state index in [1.165, 1.54) is 12.1 Å². The number of aryl methyl sites for hydroxylation is 1. The van der Waals surface area contributed by atoms with Crippen LogP contribution >= 0.6 is 0 Å². The Morgan fingerprint density at radius 1 is 1.53 bits per heavy atom. The van der Waals surface area contributed by atoms with E-state index in [4.69, 9.17) is 5.11 Å². The van der Waals surface area contributed by atoms with Crippen molar-refractivity contribution in [3.8, 4) is 0 Å². The number of aliphatic carboxylic acids is 1.